The van der Waals surface area contributed by atoms with Crippen LogP contribution in [0.2, 0.25) is 10.0 Å². The lowest BCUT2D eigenvalue weighted by molar-refractivity contribution is -0.117. The topological polar surface area (TPSA) is 47.4 Å². The van der Waals surface area contributed by atoms with Crippen LogP contribution in [-0.4, -0.2) is 28.6 Å². The molecule has 1 saturated heterocycles. The van der Waals surface area contributed by atoms with Crippen molar-refractivity contribution in [2.75, 3.05) is 18.1 Å². The van der Waals surface area contributed by atoms with Gasteiger partial charge in [-0.25, -0.2) is 4.98 Å². The first-order chi connectivity index (χ1) is 15.6. The van der Waals surface area contributed by atoms with Crippen molar-refractivity contribution < 1.29 is 9.53 Å². The van der Waals surface area contributed by atoms with Gasteiger partial charge in [0.25, 0.3) is 0 Å². The molecule has 1 amide bonds. The van der Waals surface area contributed by atoms with Crippen molar-refractivity contribution in [1.29, 1.82) is 0 Å². The largest absolute Gasteiger partial charge is 0.492 e. The summed E-state index contributed by atoms with van der Waals surface area (Å²) >= 11 is 12.0. The third kappa shape index (κ3) is 4.18. The third-order valence-corrected chi connectivity index (χ3v) is 6.21. The summed E-state index contributed by atoms with van der Waals surface area (Å²) in [4.78, 5) is 19.5. The molecule has 1 atom stereocenters. The van der Waals surface area contributed by atoms with Crippen LogP contribution >= 0.6 is 23.2 Å². The molecule has 5 nitrogen and oxygen atoms in total. The molecule has 0 unspecified atom stereocenters. The highest BCUT2D eigenvalue weighted by Crippen LogP contribution is 2.33. The molecular formula is C25H21Cl2N3O2. The monoisotopic (exact) mass is 465 g/mol. The van der Waals surface area contributed by atoms with Crippen LogP contribution < -0.4 is 9.64 Å². The molecule has 0 radical (unpaired) electrons. The first-order valence-electron chi connectivity index (χ1n) is 10.5. The standard InChI is InChI=1S/C25H21Cl2N3O2/c26-18-5-9-20(10-6-18)30-16-17(15-24(30)31)25-28-22-3-1-2-4-23(22)29(25)13-14-32-21-11-7-19(27)8-12-21/h1-12,17H,13-16H2/t17-/m0/s1. The molecule has 1 fully saturated rings. The number of carbonyl (C=O) groups is 1. The lowest BCUT2D eigenvalue weighted by Crippen LogP contribution is -2.24. The number of amides is 1. The van der Waals surface area contributed by atoms with E-state index in [9.17, 15) is 4.79 Å². The van der Waals surface area contributed by atoms with Crippen molar-refractivity contribution >= 4 is 45.8 Å². The maximum Gasteiger partial charge on any atom is 0.227 e. The number of benzene rings is 3. The average molecular weight is 466 g/mol. The Morgan fingerprint density at radius 2 is 1.62 bits per heavy atom. The summed E-state index contributed by atoms with van der Waals surface area (Å²) in [6.07, 6.45) is 0.421. The lowest BCUT2D eigenvalue weighted by Gasteiger charge is -2.17. The van der Waals surface area contributed by atoms with Crippen LogP contribution in [0.1, 0.15) is 18.2 Å². The van der Waals surface area contributed by atoms with Gasteiger partial charge in [-0.1, -0.05) is 35.3 Å². The van der Waals surface area contributed by atoms with Gasteiger partial charge in [0.15, 0.2) is 0 Å². The molecule has 0 spiro atoms. The first-order valence-corrected chi connectivity index (χ1v) is 11.2. The minimum Gasteiger partial charge on any atom is -0.492 e. The number of para-hydroxylation sites is 2. The Morgan fingerprint density at radius 3 is 2.38 bits per heavy atom. The molecule has 0 N–H and O–H groups in total. The maximum absolute atomic E-state index is 12.8. The molecule has 5 rings (SSSR count). The molecule has 3 aromatic carbocycles. The van der Waals surface area contributed by atoms with Crippen LogP contribution in [0.25, 0.3) is 11.0 Å². The summed E-state index contributed by atoms with van der Waals surface area (Å²) < 4.78 is 8.10. The highest BCUT2D eigenvalue weighted by Gasteiger charge is 2.34. The van der Waals surface area contributed by atoms with Gasteiger partial charge in [0.1, 0.15) is 18.2 Å². The number of nitrogens with zero attached hydrogens (tertiary/aromatic N) is 3. The number of rotatable bonds is 6. The van der Waals surface area contributed by atoms with Crippen LogP contribution in [0.4, 0.5) is 5.69 Å². The molecule has 1 aliphatic heterocycles. The number of ether oxygens (including phenoxy) is 1. The van der Waals surface area contributed by atoms with Crippen LogP contribution in [0.3, 0.4) is 0 Å². The number of hydrogen-bond acceptors (Lipinski definition) is 3. The quantitative estimate of drug-likeness (QED) is 0.353. The number of anilines is 1. The van der Waals surface area contributed by atoms with Gasteiger partial charge in [-0.3, -0.25) is 4.79 Å². The SMILES string of the molecule is O=C1C[C@H](c2nc3ccccc3n2CCOc2ccc(Cl)cc2)CN1c1ccc(Cl)cc1. The van der Waals surface area contributed by atoms with E-state index in [2.05, 4.69) is 10.6 Å². The van der Waals surface area contributed by atoms with Gasteiger partial charge in [-0.2, -0.15) is 0 Å². The highest BCUT2D eigenvalue weighted by atomic mass is 35.5. The van der Waals surface area contributed by atoms with Gasteiger partial charge in [0, 0.05) is 34.6 Å². The van der Waals surface area contributed by atoms with Crippen LogP contribution in [0.5, 0.6) is 5.75 Å². The molecular weight excluding hydrogens is 445 g/mol. The van der Waals surface area contributed by atoms with Crippen molar-refractivity contribution in [2.24, 2.45) is 0 Å². The van der Waals surface area contributed by atoms with E-state index in [1.807, 2.05) is 59.5 Å². The number of halogens is 2. The number of aromatic nitrogens is 2. The predicted octanol–water partition coefficient (Wildman–Crippen LogP) is 5.94. The molecule has 4 aromatic rings. The number of carbonyl (C=O) groups excluding carboxylic acids is 1. The summed E-state index contributed by atoms with van der Waals surface area (Å²) in [7, 11) is 0. The Labute approximate surface area is 196 Å². The molecule has 0 saturated carbocycles. The van der Waals surface area contributed by atoms with Crippen molar-refractivity contribution in [3.05, 3.63) is 88.7 Å². The van der Waals surface area contributed by atoms with E-state index in [-0.39, 0.29) is 11.8 Å². The van der Waals surface area contributed by atoms with Gasteiger partial charge in [-0.05, 0) is 60.7 Å². The van der Waals surface area contributed by atoms with Crippen molar-refractivity contribution in [3.63, 3.8) is 0 Å². The predicted molar refractivity (Wildman–Crippen MR) is 128 cm³/mol. The van der Waals surface area contributed by atoms with Gasteiger partial charge >= 0.3 is 0 Å². The summed E-state index contributed by atoms with van der Waals surface area (Å²) in [6, 6.07) is 22.8. The Hall–Kier alpha value is -3.02. The Balaban J connectivity index is 1.39. The van der Waals surface area contributed by atoms with Crippen LogP contribution in [0, 0.1) is 0 Å². The van der Waals surface area contributed by atoms with E-state index in [1.54, 1.807) is 12.1 Å². The molecule has 0 aliphatic carbocycles. The van der Waals surface area contributed by atoms with Gasteiger partial charge in [-0.15, -0.1) is 0 Å². The maximum atomic E-state index is 12.8. The Bertz CT molecular complexity index is 1250. The second-order valence-corrected chi connectivity index (χ2v) is 8.67. The number of fused-ring (bicyclic) bond motifs is 1. The number of hydrogen-bond donors (Lipinski definition) is 0. The molecule has 0 bridgehead atoms. The summed E-state index contributed by atoms with van der Waals surface area (Å²) in [6.45, 7) is 1.70. The third-order valence-electron chi connectivity index (χ3n) is 5.71. The van der Waals surface area contributed by atoms with Crippen molar-refractivity contribution in [3.8, 4) is 5.75 Å². The van der Waals surface area contributed by atoms with Crippen molar-refractivity contribution in [1.82, 2.24) is 9.55 Å². The minimum absolute atomic E-state index is 0.00103. The van der Waals surface area contributed by atoms with E-state index < -0.39 is 0 Å². The molecule has 7 heteroatoms. The van der Waals surface area contributed by atoms with E-state index in [1.165, 1.54) is 0 Å². The first kappa shape index (κ1) is 20.9. The second kappa shape index (κ2) is 8.85. The van der Waals surface area contributed by atoms with Gasteiger partial charge < -0.3 is 14.2 Å². The van der Waals surface area contributed by atoms with Gasteiger partial charge in [0.05, 0.1) is 17.6 Å². The summed E-state index contributed by atoms with van der Waals surface area (Å²) in [5.74, 6) is 1.77. The molecule has 162 valence electrons. The molecule has 32 heavy (non-hydrogen) atoms. The smallest absolute Gasteiger partial charge is 0.227 e. The summed E-state index contributed by atoms with van der Waals surface area (Å²) in [5.41, 5.74) is 2.82. The van der Waals surface area contributed by atoms with E-state index in [0.29, 0.717) is 36.2 Å². The summed E-state index contributed by atoms with van der Waals surface area (Å²) in [5, 5.41) is 1.33. The molecule has 1 aliphatic rings. The Morgan fingerprint density at radius 1 is 0.938 bits per heavy atom. The van der Waals surface area contributed by atoms with E-state index >= 15 is 0 Å². The normalized spacial score (nSPS) is 16.1. The lowest BCUT2D eigenvalue weighted by atomic mass is 10.1. The fraction of sp³-hybridized carbons (Fsp3) is 0.200. The molecule has 1 aromatic heterocycles. The van der Waals surface area contributed by atoms with Crippen LogP contribution in [-0.2, 0) is 11.3 Å². The zero-order chi connectivity index (χ0) is 22.1. The zero-order valence-corrected chi connectivity index (χ0v) is 18.8. The second-order valence-electron chi connectivity index (χ2n) is 7.79. The average Bonchev–Trinajstić information content (AvgIpc) is 3.36. The minimum atomic E-state index is 0.00103. The fourth-order valence-corrected chi connectivity index (χ4v) is 4.43. The Kier molecular flexibility index (Phi) is 5.77. The van der Waals surface area contributed by atoms with Crippen molar-refractivity contribution in [2.45, 2.75) is 18.9 Å². The van der Waals surface area contributed by atoms with E-state index in [0.717, 1.165) is 28.3 Å². The van der Waals surface area contributed by atoms with Crippen LogP contribution in [0.15, 0.2) is 72.8 Å². The highest BCUT2D eigenvalue weighted by molar-refractivity contribution is 6.30. The number of imidazole rings is 1. The molecule has 2 heterocycles. The zero-order valence-electron chi connectivity index (χ0n) is 17.2. The van der Waals surface area contributed by atoms with E-state index in [4.69, 9.17) is 32.9 Å². The fourth-order valence-electron chi connectivity index (χ4n) is 4.18. The van der Waals surface area contributed by atoms with Gasteiger partial charge in [0.2, 0.25) is 5.91 Å².